The standard InChI is InChI=1S/C19H24O3S/c1-6-14(20)18-15(21)8-13(9-16(18)22)17-10(2)7-11(3)19(23-5)12(17)4/h7,13,21H,6,8-9H2,1-5H3. The van der Waals surface area contributed by atoms with Crippen LogP contribution in [0.4, 0.5) is 0 Å². The summed E-state index contributed by atoms with van der Waals surface area (Å²) in [7, 11) is 0. The Morgan fingerprint density at radius 3 is 2.43 bits per heavy atom. The fourth-order valence-electron chi connectivity index (χ4n) is 3.72. The predicted octanol–water partition coefficient (Wildman–Crippen LogP) is 4.57. The maximum atomic E-state index is 12.4. The summed E-state index contributed by atoms with van der Waals surface area (Å²) < 4.78 is 0. The van der Waals surface area contributed by atoms with Crippen LogP contribution in [0, 0.1) is 20.8 Å². The van der Waals surface area contributed by atoms with Crippen molar-refractivity contribution in [3.8, 4) is 0 Å². The highest BCUT2D eigenvalue weighted by atomic mass is 32.2. The van der Waals surface area contributed by atoms with Gasteiger partial charge in [-0.3, -0.25) is 9.59 Å². The smallest absolute Gasteiger partial charge is 0.170 e. The molecule has 1 aromatic rings. The van der Waals surface area contributed by atoms with E-state index in [0.29, 0.717) is 12.8 Å². The number of Topliss-reactive ketones (excluding diaryl/α,β-unsaturated/α-hetero) is 2. The maximum Gasteiger partial charge on any atom is 0.170 e. The van der Waals surface area contributed by atoms with E-state index < -0.39 is 0 Å². The first-order chi connectivity index (χ1) is 10.8. The van der Waals surface area contributed by atoms with Crippen molar-refractivity contribution in [2.24, 2.45) is 0 Å². The predicted molar refractivity (Wildman–Crippen MR) is 94.4 cm³/mol. The van der Waals surface area contributed by atoms with E-state index in [9.17, 15) is 14.7 Å². The third-order valence-electron chi connectivity index (χ3n) is 4.61. The van der Waals surface area contributed by atoms with E-state index in [0.717, 1.165) is 11.1 Å². The third-order valence-corrected chi connectivity index (χ3v) is 5.65. The van der Waals surface area contributed by atoms with Crippen molar-refractivity contribution in [1.29, 1.82) is 0 Å². The van der Waals surface area contributed by atoms with Gasteiger partial charge in [0.15, 0.2) is 11.6 Å². The van der Waals surface area contributed by atoms with Gasteiger partial charge in [-0.15, -0.1) is 11.8 Å². The van der Waals surface area contributed by atoms with E-state index >= 15 is 0 Å². The first kappa shape index (κ1) is 17.8. The van der Waals surface area contributed by atoms with Crippen LogP contribution in [0.15, 0.2) is 22.3 Å². The Hall–Kier alpha value is -1.55. The Morgan fingerprint density at radius 1 is 1.26 bits per heavy atom. The number of aryl methyl sites for hydroxylation is 2. The molecule has 23 heavy (non-hydrogen) atoms. The number of hydrogen-bond acceptors (Lipinski definition) is 4. The molecule has 0 heterocycles. The van der Waals surface area contributed by atoms with Crippen LogP contribution in [0.2, 0.25) is 0 Å². The van der Waals surface area contributed by atoms with Crippen LogP contribution in [0.3, 0.4) is 0 Å². The number of carbonyl (C=O) groups excluding carboxylic acids is 2. The molecule has 0 spiro atoms. The highest BCUT2D eigenvalue weighted by Crippen LogP contribution is 2.40. The van der Waals surface area contributed by atoms with E-state index in [1.54, 1.807) is 18.7 Å². The van der Waals surface area contributed by atoms with Gasteiger partial charge in [-0.2, -0.15) is 0 Å². The van der Waals surface area contributed by atoms with Crippen molar-refractivity contribution < 1.29 is 14.7 Å². The fourth-order valence-corrected chi connectivity index (χ4v) is 4.51. The normalized spacial score (nSPS) is 18.5. The summed E-state index contributed by atoms with van der Waals surface area (Å²) >= 11 is 1.71. The van der Waals surface area contributed by atoms with Crippen molar-refractivity contribution >= 4 is 23.3 Å². The quantitative estimate of drug-likeness (QED) is 0.648. The van der Waals surface area contributed by atoms with Gasteiger partial charge in [-0.05, 0) is 55.2 Å². The van der Waals surface area contributed by atoms with Crippen LogP contribution in [-0.4, -0.2) is 22.9 Å². The van der Waals surface area contributed by atoms with Gasteiger partial charge in [0.25, 0.3) is 0 Å². The van der Waals surface area contributed by atoms with E-state index in [2.05, 4.69) is 33.1 Å². The molecule has 1 aliphatic carbocycles. The molecule has 0 aliphatic heterocycles. The fraction of sp³-hybridized carbons (Fsp3) is 0.474. The van der Waals surface area contributed by atoms with Crippen LogP contribution in [0.25, 0.3) is 0 Å². The van der Waals surface area contributed by atoms with Gasteiger partial charge in [-0.25, -0.2) is 0 Å². The summed E-state index contributed by atoms with van der Waals surface area (Å²) in [5, 5.41) is 10.3. The lowest BCUT2D eigenvalue weighted by atomic mass is 9.78. The van der Waals surface area contributed by atoms with Crippen LogP contribution in [-0.2, 0) is 9.59 Å². The molecular weight excluding hydrogens is 308 g/mol. The maximum absolute atomic E-state index is 12.4. The number of ketones is 2. The second-order valence-electron chi connectivity index (χ2n) is 6.21. The monoisotopic (exact) mass is 332 g/mol. The zero-order valence-corrected chi connectivity index (χ0v) is 15.3. The number of aliphatic hydroxyl groups excluding tert-OH is 1. The minimum atomic E-state index is -0.256. The number of benzene rings is 1. The van der Waals surface area contributed by atoms with Crippen LogP contribution in [0.1, 0.15) is 54.4 Å². The molecule has 0 amide bonds. The van der Waals surface area contributed by atoms with Crippen molar-refractivity contribution in [1.82, 2.24) is 0 Å². The van der Waals surface area contributed by atoms with E-state index in [-0.39, 0.29) is 35.2 Å². The highest BCUT2D eigenvalue weighted by Gasteiger charge is 2.33. The molecule has 1 aromatic carbocycles. The van der Waals surface area contributed by atoms with E-state index in [1.807, 2.05) is 0 Å². The molecule has 0 aromatic heterocycles. The molecule has 1 atom stereocenters. The zero-order chi connectivity index (χ0) is 17.3. The molecule has 124 valence electrons. The number of hydrogen-bond donors (Lipinski definition) is 1. The second-order valence-corrected chi connectivity index (χ2v) is 7.03. The van der Waals surface area contributed by atoms with Gasteiger partial charge in [0.1, 0.15) is 5.76 Å². The van der Waals surface area contributed by atoms with Crippen molar-refractivity contribution in [2.45, 2.75) is 57.8 Å². The topological polar surface area (TPSA) is 54.4 Å². The molecule has 0 saturated heterocycles. The summed E-state index contributed by atoms with van der Waals surface area (Å²) in [4.78, 5) is 25.5. The molecule has 0 radical (unpaired) electrons. The second kappa shape index (κ2) is 6.91. The molecule has 1 N–H and O–H groups in total. The third kappa shape index (κ3) is 3.23. The Kier molecular flexibility index (Phi) is 5.35. The Balaban J connectivity index is 2.49. The van der Waals surface area contributed by atoms with Crippen LogP contribution < -0.4 is 0 Å². The number of rotatable bonds is 4. The number of thioether (sulfide) groups is 1. The first-order valence-corrected chi connectivity index (χ1v) is 9.17. The minimum Gasteiger partial charge on any atom is -0.511 e. The molecule has 1 unspecified atom stereocenters. The van der Waals surface area contributed by atoms with Crippen LogP contribution in [0.5, 0.6) is 0 Å². The van der Waals surface area contributed by atoms with Crippen LogP contribution >= 0.6 is 11.8 Å². The number of allylic oxidation sites excluding steroid dienone is 2. The lowest BCUT2D eigenvalue weighted by Gasteiger charge is -2.27. The van der Waals surface area contributed by atoms with Gasteiger partial charge < -0.3 is 5.11 Å². The molecule has 0 fully saturated rings. The average Bonchev–Trinajstić information content (AvgIpc) is 2.46. The summed E-state index contributed by atoms with van der Waals surface area (Å²) in [6.07, 6.45) is 2.96. The van der Waals surface area contributed by atoms with Gasteiger partial charge in [0.05, 0.1) is 5.57 Å². The van der Waals surface area contributed by atoms with E-state index in [1.165, 1.54) is 16.0 Å². The molecule has 2 rings (SSSR count). The van der Waals surface area contributed by atoms with Gasteiger partial charge in [-0.1, -0.05) is 13.0 Å². The molecule has 3 nitrogen and oxygen atoms in total. The lowest BCUT2D eigenvalue weighted by Crippen LogP contribution is -2.24. The summed E-state index contributed by atoms with van der Waals surface area (Å²) in [5.41, 5.74) is 4.73. The van der Waals surface area contributed by atoms with Crippen molar-refractivity contribution in [3.05, 3.63) is 39.7 Å². The minimum absolute atomic E-state index is 0.0243. The molecule has 0 saturated carbocycles. The summed E-state index contributed by atoms with van der Waals surface area (Å²) in [5.74, 6) is -0.575. The first-order valence-electron chi connectivity index (χ1n) is 7.94. The Bertz CT molecular complexity index is 701. The highest BCUT2D eigenvalue weighted by molar-refractivity contribution is 7.98. The molecule has 1 aliphatic rings. The van der Waals surface area contributed by atoms with Crippen molar-refractivity contribution in [3.63, 3.8) is 0 Å². The molecule has 4 heteroatoms. The van der Waals surface area contributed by atoms with Gasteiger partial charge in [0.2, 0.25) is 0 Å². The largest absolute Gasteiger partial charge is 0.511 e. The zero-order valence-electron chi connectivity index (χ0n) is 14.4. The lowest BCUT2D eigenvalue weighted by molar-refractivity contribution is -0.122. The Morgan fingerprint density at radius 2 is 1.91 bits per heavy atom. The summed E-state index contributed by atoms with van der Waals surface area (Å²) in [6, 6.07) is 2.14. The number of carbonyl (C=O) groups is 2. The van der Waals surface area contributed by atoms with E-state index in [4.69, 9.17) is 0 Å². The molecule has 0 bridgehead atoms. The average molecular weight is 332 g/mol. The van der Waals surface area contributed by atoms with Gasteiger partial charge >= 0.3 is 0 Å². The number of aliphatic hydroxyl groups is 1. The van der Waals surface area contributed by atoms with Gasteiger partial charge in [0, 0.05) is 24.2 Å². The van der Waals surface area contributed by atoms with Crippen molar-refractivity contribution in [2.75, 3.05) is 6.26 Å². The SMILES string of the molecule is CCC(=O)C1=C(O)CC(c2c(C)cc(C)c(SC)c2C)CC1=O. The Labute approximate surface area is 142 Å². The summed E-state index contributed by atoms with van der Waals surface area (Å²) in [6.45, 7) is 7.94. The molecular formula is C19H24O3S.